The van der Waals surface area contributed by atoms with E-state index in [1.807, 2.05) is 25.1 Å². The number of hydrogen-bond donors (Lipinski definition) is 1. The van der Waals surface area contributed by atoms with Crippen molar-refractivity contribution in [2.24, 2.45) is 0 Å². The Hall–Kier alpha value is -1.19. The number of fused-ring (bicyclic) bond motifs is 1. The summed E-state index contributed by atoms with van der Waals surface area (Å²) in [7, 11) is 0. The van der Waals surface area contributed by atoms with Gasteiger partial charge in [0.15, 0.2) is 0 Å². The molecule has 2 nitrogen and oxygen atoms in total. The number of anilines is 2. The van der Waals surface area contributed by atoms with Gasteiger partial charge in [-0.2, -0.15) is 0 Å². The molecule has 0 aromatic heterocycles. The van der Waals surface area contributed by atoms with Crippen LogP contribution in [0.15, 0.2) is 34.8 Å². The molecule has 0 saturated heterocycles. The summed E-state index contributed by atoms with van der Waals surface area (Å²) in [5.74, 6) is 0. The minimum absolute atomic E-state index is 0.794. The molecule has 0 fully saturated rings. The van der Waals surface area contributed by atoms with Gasteiger partial charge in [0.05, 0.1) is 5.69 Å². The zero-order valence-corrected chi connectivity index (χ0v) is 12.9. The number of nitrogens with two attached hydrogens (primary N) is 1. The maximum atomic E-state index is 6.23. The summed E-state index contributed by atoms with van der Waals surface area (Å²) in [5.41, 5.74) is 11.6. The Balaban J connectivity index is 1.99. The van der Waals surface area contributed by atoms with Crippen molar-refractivity contribution < 1.29 is 0 Å². The van der Waals surface area contributed by atoms with Gasteiger partial charge in [-0.05, 0) is 57.7 Å². The summed E-state index contributed by atoms with van der Waals surface area (Å²) in [6.07, 6.45) is 0. The van der Waals surface area contributed by atoms with E-state index in [0.717, 1.165) is 39.5 Å². The second-order valence-electron chi connectivity index (χ2n) is 4.89. The summed E-state index contributed by atoms with van der Waals surface area (Å²) in [5, 5.41) is 0.794. The van der Waals surface area contributed by atoms with E-state index < -0.39 is 0 Å². The van der Waals surface area contributed by atoms with E-state index in [1.54, 1.807) is 0 Å². The van der Waals surface area contributed by atoms with Crippen molar-refractivity contribution >= 4 is 38.9 Å². The fourth-order valence-corrected chi connectivity index (χ4v) is 3.36. The molecule has 0 amide bonds. The Morgan fingerprint density at radius 3 is 2.79 bits per heavy atom. The van der Waals surface area contributed by atoms with Crippen molar-refractivity contribution in [1.29, 1.82) is 0 Å². The highest BCUT2D eigenvalue weighted by atomic mass is 79.9. The monoisotopic (exact) mass is 336 g/mol. The van der Waals surface area contributed by atoms with Crippen molar-refractivity contribution in [1.82, 2.24) is 0 Å². The normalized spacial score (nSPS) is 13.7. The molecule has 1 aliphatic heterocycles. The predicted molar refractivity (Wildman–Crippen MR) is 84.6 cm³/mol. The minimum atomic E-state index is 0.794. The first kappa shape index (κ1) is 12.8. The molecule has 0 unspecified atom stereocenters. The highest BCUT2D eigenvalue weighted by molar-refractivity contribution is 9.10. The van der Waals surface area contributed by atoms with Crippen molar-refractivity contribution in [2.75, 3.05) is 10.6 Å². The number of halogens is 2. The van der Waals surface area contributed by atoms with Gasteiger partial charge in [-0.15, -0.1) is 0 Å². The molecule has 3 rings (SSSR count). The topological polar surface area (TPSA) is 29.3 Å². The van der Waals surface area contributed by atoms with Crippen LogP contribution in [0.3, 0.4) is 0 Å². The van der Waals surface area contributed by atoms with Crippen LogP contribution in [0.1, 0.15) is 16.7 Å². The molecule has 2 aromatic rings. The highest BCUT2D eigenvalue weighted by Gasteiger charge is 2.22. The molecule has 0 radical (unpaired) electrons. The Bertz CT molecular complexity index is 655. The third-order valence-electron chi connectivity index (χ3n) is 3.59. The molecule has 0 saturated carbocycles. The zero-order chi connectivity index (χ0) is 13.6. The van der Waals surface area contributed by atoms with Gasteiger partial charge >= 0.3 is 0 Å². The van der Waals surface area contributed by atoms with Crippen molar-refractivity contribution in [3.05, 3.63) is 56.5 Å². The summed E-state index contributed by atoms with van der Waals surface area (Å²) < 4.78 is 1.07. The molecule has 0 bridgehead atoms. The van der Waals surface area contributed by atoms with E-state index >= 15 is 0 Å². The fraction of sp³-hybridized carbons (Fsp3) is 0.200. The summed E-state index contributed by atoms with van der Waals surface area (Å²) in [6, 6.07) is 10.2. The van der Waals surface area contributed by atoms with Crippen LogP contribution in [-0.2, 0) is 13.1 Å². The zero-order valence-electron chi connectivity index (χ0n) is 10.6. The van der Waals surface area contributed by atoms with Crippen LogP contribution in [0.5, 0.6) is 0 Å². The van der Waals surface area contributed by atoms with Gasteiger partial charge in [0.2, 0.25) is 0 Å². The SMILES string of the molecule is Cc1cc(Br)c(N2Cc3cccc(N)c3C2)cc1Cl. The van der Waals surface area contributed by atoms with Gasteiger partial charge in [-0.1, -0.05) is 23.7 Å². The number of aryl methyl sites for hydroxylation is 1. The van der Waals surface area contributed by atoms with Gasteiger partial charge in [0.1, 0.15) is 0 Å². The van der Waals surface area contributed by atoms with Crippen LogP contribution in [0, 0.1) is 6.92 Å². The fourth-order valence-electron chi connectivity index (χ4n) is 2.50. The molecule has 4 heteroatoms. The first-order valence-electron chi connectivity index (χ1n) is 6.13. The average molecular weight is 338 g/mol. The third kappa shape index (κ3) is 2.21. The molecule has 2 N–H and O–H groups in total. The van der Waals surface area contributed by atoms with Crippen LogP contribution >= 0.6 is 27.5 Å². The molecule has 98 valence electrons. The van der Waals surface area contributed by atoms with Gasteiger partial charge < -0.3 is 10.6 Å². The standard InChI is InChI=1S/C15H14BrClN2/c1-9-5-12(16)15(6-13(9)17)19-7-10-3-2-4-14(18)11(10)8-19/h2-6H,7-8,18H2,1H3. The molecule has 0 aliphatic carbocycles. The van der Waals surface area contributed by atoms with E-state index in [2.05, 4.69) is 33.0 Å². The van der Waals surface area contributed by atoms with E-state index in [4.69, 9.17) is 17.3 Å². The predicted octanol–water partition coefficient (Wildman–Crippen LogP) is 4.51. The van der Waals surface area contributed by atoms with Crippen molar-refractivity contribution in [2.45, 2.75) is 20.0 Å². The van der Waals surface area contributed by atoms with E-state index in [1.165, 1.54) is 11.1 Å². The highest BCUT2D eigenvalue weighted by Crippen LogP contribution is 2.37. The Morgan fingerprint density at radius 1 is 1.26 bits per heavy atom. The van der Waals surface area contributed by atoms with Crippen LogP contribution in [0.2, 0.25) is 5.02 Å². The number of hydrogen-bond acceptors (Lipinski definition) is 2. The number of nitrogens with zero attached hydrogens (tertiary/aromatic N) is 1. The van der Waals surface area contributed by atoms with Gasteiger partial charge in [-0.25, -0.2) is 0 Å². The molecule has 1 heterocycles. The van der Waals surface area contributed by atoms with Crippen LogP contribution in [-0.4, -0.2) is 0 Å². The number of rotatable bonds is 1. The second kappa shape index (κ2) is 4.73. The largest absolute Gasteiger partial charge is 0.398 e. The van der Waals surface area contributed by atoms with E-state index in [9.17, 15) is 0 Å². The molecule has 0 spiro atoms. The second-order valence-corrected chi connectivity index (χ2v) is 6.16. The van der Waals surface area contributed by atoms with Crippen LogP contribution < -0.4 is 10.6 Å². The lowest BCUT2D eigenvalue weighted by Gasteiger charge is -2.20. The number of benzene rings is 2. The molecule has 2 aromatic carbocycles. The summed E-state index contributed by atoms with van der Waals surface area (Å²) >= 11 is 9.86. The Morgan fingerprint density at radius 2 is 2.05 bits per heavy atom. The Kier molecular flexibility index (Phi) is 3.19. The summed E-state index contributed by atoms with van der Waals surface area (Å²) in [4.78, 5) is 2.29. The lowest BCUT2D eigenvalue weighted by Crippen LogP contribution is -2.15. The van der Waals surface area contributed by atoms with Gasteiger partial charge in [0.25, 0.3) is 0 Å². The first-order chi connectivity index (χ1) is 9.06. The van der Waals surface area contributed by atoms with Crippen molar-refractivity contribution in [3.8, 4) is 0 Å². The molecular formula is C15H14BrClN2. The van der Waals surface area contributed by atoms with Crippen LogP contribution in [0.4, 0.5) is 11.4 Å². The summed E-state index contributed by atoms with van der Waals surface area (Å²) in [6.45, 7) is 3.71. The average Bonchev–Trinajstić information content (AvgIpc) is 2.79. The Labute approximate surface area is 126 Å². The maximum Gasteiger partial charge on any atom is 0.0531 e. The molecule has 1 aliphatic rings. The number of nitrogen functional groups attached to an aromatic ring is 1. The smallest absolute Gasteiger partial charge is 0.0531 e. The third-order valence-corrected chi connectivity index (χ3v) is 4.63. The van der Waals surface area contributed by atoms with Crippen LogP contribution in [0.25, 0.3) is 0 Å². The van der Waals surface area contributed by atoms with E-state index in [-0.39, 0.29) is 0 Å². The van der Waals surface area contributed by atoms with Gasteiger partial charge in [0, 0.05) is 28.3 Å². The maximum absolute atomic E-state index is 6.23. The molecular weight excluding hydrogens is 324 g/mol. The minimum Gasteiger partial charge on any atom is -0.398 e. The van der Waals surface area contributed by atoms with Gasteiger partial charge in [-0.3, -0.25) is 0 Å². The molecule has 19 heavy (non-hydrogen) atoms. The first-order valence-corrected chi connectivity index (χ1v) is 7.30. The lowest BCUT2D eigenvalue weighted by atomic mass is 10.1. The lowest BCUT2D eigenvalue weighted by molar-refractivity contribution is 0.877. The quantitative estimate of drug-likeness (QED) is 0.776. The van der Waals surface area contributed by atoms with E-state index in [0.29, 0.717) is 0 Å². The van der Waals surface area contributed by atoms with Crippen molar-refractivity contribution in [3.63, 3.8) is 0 Å². The molecule has 0 atom stereocenters.